The van der Waals surface area contributed by atoms with Gasteiger partial charge in [-0.15, -0.1) is 0 Å². The van der Waals surface area contributed by atoms with Crippen LogP contribution in [0, 0.1) is 11.8 Å². The average Bonchev–Trinajstić information content (AvgIpc) is 2.36. The van der Waals surface area contributed by atoms with E-state index in [1.165, 1.54) is 12.0 Å². The van der Waals surface area contributed by atoms with Gasteiger partial charge in [-0.25, -0.2) is 0 Å². The molecule has 0 saturated heterocycles. The second-order valence-electron chi connectivity index (χ2n) is 5.66. The lowest BCUT2D eigenvalue weighted by Crippen LogP contribution is -2.37. The molecule has 0 spiro atoms. The lowest BCUT2D eigenvalue weighted by Gasteiger charge is -2.36. The van der Waals surface area contributed by atoms with Gasteiger partial charge >= 0.3 is 0 Å². The molecule has 1 saturated carbocycles. The third-order valence-corrected chi connectivity index (χ3v) is 4.08. The van der Waals surface area contributed by atoms with Crippen molar-refractivity contribution in [3.8, 4) is 0 Å². The lowest BCUT2D eigenvalue weighted by atomic mass is 9.75. The predicted octanol–water partition coefficient (Wildman–Crippen LogP) is 3.29. The zero-order valence-corrected chi connectivity index (χ0v) is 11.6. The summed E-state index contributed by atoms with van der Waals surface area (Å²) in [5.74, 6) is 0.838. The summed E-state index contributed by atoms with van der Waals surface area (Å²) in [6.45, 7) is 2.08. The highest BCUT2D eigenvalue weighted by Gasteiger charge is 2.35. The standard InChI is InChI=1S/C16H23NO/c1-12-8-7-11-14(16(12)18)15(17(2)3)13-9-5-4-6-10-13/h4-6,9-10,12,14-15H,7-8,11H2,1-3H3/t12?,14-,15-/m0/s1. The van der Waals surface area contributed by atoms with Crippen LogP contribution in [-0.4, -0.2) is 24.8 Å². The molecule has 0 aromatic heterocycles. The van der Waals surface area contributed by atoms with Crippen LogP contribution in [0.4, 0.5) is 0 Å². The minimum Gasteiger partial charge on any atom is -0.302 e. The Balaban J connectivity index is 2.28. The number of ketones is 1. The first-order chi connectivity index (χ1) is 8.61. The molecule has 2 rings (SSSR count). The second-order valence-corrected chi connectivity index (χ2v) is 5.66. The molecule has 0 amide bonds. The normalized spacial score (nSPS) is 26.3. The topological polar surface area (TPSA) is 20.3 Å². The van der Waals surface area contributed by atoms with E-state index in [4.69, 9.17) is 0 Å². The minimum atomic E-state index is 0.158. The van der Waals surface area contributed by atoms with Gasteiger partial charge in [0.25, 0.3) is 0 Å². The van der Waals surface area contributed by atoms with Crippen LogP contribution in [0.2, 0.25) is 0 Å². The van der Waals surface area contributed by atoms with Crippen molar-refractivity contribution >= 4 is 5.78 Å². The van der Waals surface area contributed by atoms with E-state index >= 15 is 0 Å². The van der Waals surface area contributed by atoms with E-state index in [0.29, 0.717) is 5.78 Å². The molecule has 1 aromatic rings. The molecule has 98 valence electrons. The van der Waals surface area contributed by atoms with E-state index in [1.807, 2.05) is 6.07 Å². The molecule has 18 heavy (non-hydrogen) atoms. The number of benzene rings is 1. The summed E-state index contributed by atoms with van der Waals surface area (Å²) < 4.78 is 0. The Morgan fingerprint density at radius 3 is 2.44 bits per heavy atom. The van der Waals surface area contributed by atoms with Crippen molar-refractivity contribution in [2.45, 2.75) is 32.2 Å². The maximum atomic E-state index is 12.4. The fraction of sp³-hybridized carbons (Fsp3) is 0.562. The third-order valence-electron chi connectivity index (χ3n) is 4.08. The quantitative estimate of drug-likeness (QED) is 0.814. The monoisotopic (exact) mass is 245 g/mol. The number of Topliss-reactive ketones (excluding diaryl/α,β-unsaturated/α-hetero) is 1. The first kappa shape index (κ1) is 13.3. The van der Waals surface area contributed by atoms with Crippen molar-refractivity contribution in [2.75, 3.05) is 14.1 Å². The van der Waals surface area contributed by atoms with Crippen LogP contribution in [0.3, 0.4) is 0 Å². The van der Waals surface area contributed by atoms with Gasteiger partial charge in [-0.05, 0) is 32.5 Å². The molecule has 0 radical (unpaired) electrons. The van der Waals surface area contributed by atoms with Crippen molar-refractivity contribution in [3.63, 3.8) is 0 Å². The zero-order valence-electron chi connectivity index (χ0n) is 11.6. The Bertz CT molecular complexity index is 399. The fourth-order valence-electron chi connectivity index (χ4n) is 3.15. The molecule has 3 atom stereocenters. The average molecular weight is 245 g/mol. The summed E-state index contributed by atoms with van der Waals surface area (Å²) in [7, 11) is 4.15. The van der Waals surface area contributed by atoms with E-state index in [2.05, 4.69) is 50.2 Å². The maximum absolute atomic E-state index is 12.4. The fourth-order valence-corrected chi connectivity index (χ4v) is 3.15. The molecule has 0 heterocycles. The van der Waals surface area contributed by atoms with E-state index in [1.54, 1.807) is 0 Å². The van der Waals surface area contributed by atoms with Gasteiger partial charge in [-0.3, -0.25) is 4.79 Å². The molecular formula is C16H23NO. The van der Waals surface area contributed by atoms with Crippen molar-refractivity contribution < 1.29 is 4.79 Å². The van der Waals surface area contributed by atoms with Crippen LogP contribution in [0.15, 0.2) is 30.3 Å². The van der Waals surface area contributed by atoms with Crippen molar-refractivity contribution in [1.82, 2.24) is 4.90 Å². The predicted molar refractivity (Wildman–Crippen MR) is 74.4 cm³/mol. The van der Waals surface area contributed by atoms with Gasteiger partial charge in [0.2, 0.25) is 0 Å². The van der Waals surface area contributed by atoms with Crippen LogP contribution in [0.5, 0.6) is 0 Å². The van der Waals surface area contributed by atoms with Gasteiger partial charge in [0.1, 0.15) is 5.78 Å². The molecular weight excluding hydrogens is 222 g/mol. The summed E-state index contributed by atoms with van der Waals surface area (Å²) in [6.07, 6.45) is 3.26. The summed E-state index contributed by atoms with van der Waals surface area (Å²) in [5, 5.41) is 0. The molecule has 2 heteroatoms. The van der Waals surface area contributed by atoms with Crippen molar-refractivity contribution in [2.24, 2.45) is 11.8 Å². The number of carbonyl (C=O) groups excluding carboxylic acids is 1. The number of hydrogen-bond acceptors (Lipinski definition) is 2. The van der Waals surface area contributed by atoms with E-state index < -0.39 is 0 Å². The first-order valence-corrected chi connectivity index (χ1v) is 6.86. The molecule has 0 N–H and O–H groups in total. The van der Waals surface area contributed by atoms with Gasteiger partial charge in [-0.1, -0.05) is 43.7 Å². The molecule has 1 fully saturated rings. The molecule has 2 nitrogen and oxygen atoms in total. The smallest absolute Gasteiger partial charge is 0.140 e. The van der Waals surface area contributed by atoms with Gasteiger partial charge in [0, 0.05) is 17.9 Å². The highest BCUT2D eigenvalue weighted by atomic mass is 16.1. The Morgan fingerprint density at radius 1 is 1.17 bits per heavy atom. The minimum absolute atomic E-state index is 0.158. The SMILES string of the molecule is CC1CCC[C@@H]([C@H](c2ccccc2)N(C)C)C1=O. The Kier molecular flexibility index (Phi) is 4.18. The van der Waals surface area contributed by atoms with Gasteiger partial charge in [-0.2, -0.15) is 0 Å². The van der Waals surface area contributed by atoms with Crippen molar-refractivity contribution in [1.29, 1.82) is 0 Å². The van der Waals surface area contributed by atoms with Crippen LogP contribution in [0.1, 0.15) is 37.8 Å². The third kappa shape index (κ3) is 2.64. The Hall–Kier alpha value is -1.15. The highest BCUT2D eigenvalue weighted by Crippen LogP contribution is 2.37. The molecule has 0 bridgehead atoms. The van der Waals surface area contributed by atoms with Crippen LogP contribution < -0.4 is 0 Å². The molecule has 0 aliphatic heterocycles. The van der Waals surface area contributed by atoms with E-state index in [0.717, 1.165) is 12.8 Å². The highest BCUT2D eigenvalue weighted by molar-refractivity contribution is 5.84. The maximum Gasteiger partial charge on any atom is 0.140 e. The Labute approximate surface area is 110 Å². The molecule has 1 aliphatic carbocycles. The number of carbonyl (C=O) groups is 1. The van der Waals surface area contributed by atoms with Gasteiger partial charge in [0.15, 0.2) is 0 Å². The summed E-state index contributed by atoms with van der Waals surface area (Å²) in [5.41, 5.74) is 1.26. The molecule has 1 aromatic carbocycles. The number of hydrogen-bond donors (Lipinski definition) is 0. The first-order valence-electron chi connectivity index (χ1n) is 6.86. The molecule has 1 aliphatic rings. The van der Waals surface area contributed by atoms with Crippen LogP contribution >= 0.6 is 0 Å². The summed E-state index contributed by atoms with van der Waals surface area (Å²) in [4.78, 5) is 14.6. The Morgan fingerprint density at radius 2 is 1.83 bits per heavy atom. The number of nitrogens with zero attached hydrogens (tertiary/aromatic N) is 1. The van der Waals surface area contributed by atoms with Gasteiger partial charge in [0.05, 0.1) is 0 Å². The largest absolute Gasteiger partial charge is 0.302 e. The second kappa shape index (κ2) is 5.66. The number of rotatable bonds is 3. The van der Waals surface area contributed by atoms with Gasteiger partial charge < -0.3 is 4.90 Å². The van der Waals surface area contributed by atoms with Crippen LogP contribution in [0.25, 0.3) is 0 Å². The molecule has 1 unspecified atom stereocenters. The summed E-state index contributed by atoms with van der Waals surface area (Å²) in [6, 6.07) is 10.6. The zero-order chi connectivity index (χ0) is 13.1. The van der Waals surface area contributed by atoms with Crippen LogP contribution in [-0.2, 0) is 4.79 Å². The lowest BCUT2D eigenvalue weighted by molar-refractivity contribution is -0.130. The van der Waals surface area contributed by atoms with E-state index in [9.17, 15) is 4.79 Å². The van der Waals surface area contributed by atoms with E-state index in [-0.39, 0.29) is 17.9 Å². The van der Waals surface area contributed by atoms with Crippen molar-refractivity contribution in [3.05, 3.63) is 35.9 Å². The summed E-state index contributed by atoms with van der Waals surface area (Å²) >= 11 is 0.